The third-order valence-corrected chi connectivity index (χ3v) is 5.96. The first-order chi connectivity index (χ1) is 10.7. The maximum Gasteiger partial charge on any atom is 0.247 e. The summed E-state index contributed by atoms with van der Waals surface area (Å²) in [6.45, 7) is 4.07. The van der Waals surface area contributed by atoms with Gasteiger partial charge in [-0.2, -0.15) is 0 Å². The Morgan fingerprint density at radius 1 is 1.14 bits per heavy atom. The van der Waals surface area contributed by atoms with E-state index in [0.717, 1.165) is 19.8 Å². The van der Waals surface area contributed by atoms with Crippen LogP contribution in [0.3, 0.4) is 0 Å². The van der Waals surface area contributed by atoms with E-state index in [0.29, 0.717) is 11.8 Å². The van der Waals surface area contributed by atoms with Crippen LogP contribution in [0.1, 0.15) is 23.6 Å². The van der Waals surface area contributed by atoms with Gasteiger partial charge in [0.1, 0.15) is 0 Å². The second kappa shape index (κ2) is 6.80. The molecule has 1 atom stereocenters. The molecule has 0 spiro atoms. The zero-order chi connectivity index (χ0) is 15.5. The first-order valence-electron chi connectivity index (χ1n) is 6.60. The Kier molecular flexibility index (Phi) is 4.80. The highest BCUT2D eigenvalue weighted by atomic mass is 32.2. The Morgan fingerprint density at radius 3 is 2.68 bits per heavy atom. The lowest BCUT2D eigenvalue weighted by atomic mass is 10.1. The van der Waals surface area contributed by atoms with Gasteiger partial charge in [0.15, 0.2) is 8.68 Å². The van der Waals surface area contributed by atoms with E-state index in [1.807, 2.05) is 44.4 Å². The molecule has 5 nitrogen and oxygen atoms in total. The predicted molar refractivity (Wildman–Crippen MR) is 90.4 cm³/mol. The van der Waals surface area contributed by atoms with Gasteiger partial charge in [-0.15, -0.1) is 20.4 Å². The minimum absolute atomic E-state index is 0.0358. The molecule has 0 aliphatic carbocycles. The standard InChI is InChI=1S/C14H14N4OS3/c1-8-5-4-6-10(7-8)12-16-15-11(19-12)9(2)21-14-18-17-13(20-3)22-14/h4-7,9H,1-3H3. The van der Waals surface area contributed by atoms with Gasteiger partial charge in [-0.1, -0.05) is 52.6 Å². The van der Waals surface area contributed by atoms with E-state index in [2.05, 4.69) is 20.4 Å². The van der Waals surface area contributed by atoms with Crippen molar-refractivity contribution in [3.8, 4) is 11.5 Å². The molecule has 0 saturated carbocycles. The molecule has 3 aromatic rings. The largest absolute Gasteiger partial charge is 0.419 e. The number of aryl methyl sites for hydroxylation is 1. The highest BCUT2D eigenvalue weighted by molar-refractivity contribution is 8.03. The van der Waals surface area contributed by atoms with Gasteiger partial charge in [0.2, 0.25) is 11.8 Å². The van der Waals surface area contributed by atoms with Crippen molar-refractivity contribution >= 4 is 34.9 Å². The summed E-state index contributed by atoms with van der Waals surface area (Å²) in [6.07, 6.45) is 1.99. The van der Waals surface area contributed by atoms with Gasteiger partial charge in [0.05, 0.1) is 5.25 Å². The van der Waals surface area contributed by atoms with E-state index in [9.17, 15) is 0 Å². The van der Waals surface area contributed by atoms with Gasteiger partial charge >= 0.3 is 0 Å². The number of rotatable bonds is 5. The van der Waals surface area contributed by atoms with Crippen molar-refractivity contribution in [1.82, 2.24) is 20.4 Å². The molecule has 3 rings (SSSR count). The van der Waals surface area contributed by atoms with E-state index in [4.69, 9.17) is 4.42 Å². The Balaban J connectivity index is 1.75. The SMILES string of the molecule is CSc1nnc(SC(C)c2nnc(-c3cccc(C)c3)o2)s1. The molecule has 22 heavy (non-hydrogen) atoms. The van der Waals surface area contributed by atoms with Gasteiger partial charge in [-0.3, -0.25) is 0 Å². The molecule has 0 saturated heterocycles. The summed E-state index contributed by atoms with van der Waals surface area (Å²) in [6, 6.07) is 8.03. The summed E-state index contributed by atoms with van der Waals surface area (Å²) in [5.74, 6) is 1.15. The Hall–Kier alpha value is -1.38. The van der Waals surface area contributed by atoms with Crippen LogP contribution < -0.4 is 0 Å². The van der Waals surface area contributed by atoms with Crippen LogP contribution in [0.15, 0.2) is 37.4 Å². The minimum atomic E-state index is 0.0358. The molecule has 0 amide bonds. The molecule has 1 unspecified atom stereocenters. The second-order valence-electron chi connectivity index (χ2n) is 4.61. The summed E-state index contributed by atoms with van der Waals surface area (Å²) in [5.41, 5.74) is 2.11. The molecular weight excluding hydrogens is 336 g/mol. The first-order valence-corrected chi connectivity index (χ1v) is 9.52. The molecule has 0 radical (unpaired) electrons. The Morgan fingerprint density at radius 2 is 1.95 bits per heavy atom. The summed E-state index contributed by atoms with van der Waals surface area (Å²) in [5, 5.41) is 16.6. The number of benzene rings is 1. The van der Waals surface area contributed by atoms with Crippen molar-refractivity contribution in [3.05, 3.63) is 35.7 Å². The number of hydrogen-bond acceptors (Lipinski definition) is 8. The zero-order valence-corrected chi connectivity index (χ0v) is 14.8. The van der Waals surface area contributed by atoms with Crippen LogP contribution in [0.5, 0.6) is 0 Å². The van der Waals surface area contributed by atoms with Crippen LogP contribution in [0, 0.1) is 6.92 Å². The fourth-order valence-corrected chi connectivity index (χ4v) is 4.43. The smallest absolute Gasteiger partial charge is 0.247 e. The molecule has 1 aromatic carbocycles. The molecule has 0 bridgehead atoms. The van der Waals surface area contributed by atoms with Crippen LogP contribution >= 0.6 is 34.9 Å². The third kappa shape index (κ3) is 3.50. The van der Waals surface area contributed by atoms with Crippen LogP contribution in [-0.4, -0.2) is 26.7 Å². The van der Waals surface area contributed by atoms with E-state index in [1.54, 1.807) is 34.9 Å². The van der Waals surface area contributed by atoms with Crippen LogP contribution in [0.2, 0.25) is 0 Å². The topological polar surface area (TPSA) is 64.7 Å². The molecule has 114 valence electrons. The molecule has 0 N–H and O–H groups in total. The Labute approximate surface area is 141 Å². The van der Waals surface area contributed by atoms with E-state index in [-0.39, 0.29) is 5.25 Å². The number of hydrogen-bond donors (Lipinski definition) is 0. The predicted octanol–water partition coefficient (Wildman–Crippen LogP) is 4.47. The lowest BCUT2D eigenvalue weighted by Crippen LogP contribution is -1.88. The first kappa shape index (κ1) is 15.5. The highest BCUT2D eigenvalue weighted by Crippen LogP contribution is 2.37. The fourth-order valence-electron chi connectivity index (χ4n) is 1.82. The summed E-state index contributed by atoms with van der Waals surface area (Å²) < 4.78 is 7.67. The van der Waals surface area contributed by atoms with Crippen LogP contribution in [0.4, 0.5) is 0 Å². The van der Waals surface area contributed by atoms with Crippen molar-refractivity contribution in [3.63, 3.8) is 0 Å². The van der Waals surface area contributed by atoms with Crippen molar-refractivity contribution in [2.24, 2.45) is 0 Å². The van der Waals surface area contributed by atoms with Gasteiger partial charge in [0.25, 0.3) is 0 Å². The highest BCUT2D eigenvalue weighted by Gasteiger charge is 2.18. The van der Waals surface area contributed by atoms with Crippen molar-refractivity contribution < 1.29 is 4.42 Å². The average molecular weight is 350 g/mol. The van der Waals surface area contributed by atoms with Crippen LogP contribution in [0.25, 0.3) is 11.5 Å². The van der Waals surface area contributed by atoms with Gasteiger partial charge in [-0.25, -0.2) is 0 Å². The Bertz CT molecular complexity index is 771. The van der Waals surface area contributed by atoms with E-state index in [1.165, 1.54) is 0 Å². The van der Waals surface area contributed by atoms with Gasteiger partial charge in [-0.05, 0) is 32.2 Å². The van der Waals surface area contributed by atoms with Crippen molar-refractivity contribution in [1.29, 1.82) is 0 Å². The monoisotopic (exact) mass is 350 g/mol. The van der Waals surface area contributed by atoms with Crippen molar-refractivity contribution in [2.45, 2.75) is 27.8 Å². The van der Waals surface area contributed by atoms with Crippen molar-refractivity contribution in [2.75, 3.05) is 6.26 Å². The molecular formula is C14H14N4OS3. The number of nitrogens with zero attached hydrogens (tertiary/aromatic N) is 4. The maximum atomic E-state index is 5.80. The van der Waals surface area contributed by atoms with E-state index < -0.39 is 0 Å². The van der Waals surface area contributed by atoms with Crippen LogP contribution in [-0.2, 0) is 0 Å². The summed E-state index contributed by atoms with van der Waals surface area (Å²) in [7, 11) is 0. The number of thioether (sulfide) groups is 2. The third-order valence-electron chi connectivity index (χ3n) is 2.89. The van der Waals surface area contributed by atoms with Gasteiger partial charge in [0, 0.05) is 5.56 Å². The van der Waals surface area contributed by atoms with Gasteiger partial charge < -0.3 is 4.42 Å². The molecule has 0 aliphatic heterocycles. The average Bonchev–Trinajstić information content (AvgIpc) is 3.16. The molecule has 0 fully saturated rings. The lowest BCUT2D eigenvalue weighted by Gasteiger charge is -2.02. The maximum absolute atomic E-state index is 5.80. The molecule has 2 aromatic heterocycles. The van der Waals surface area contributed by atoms with E-state index >= 15 is 0 Å². The number of aromatic nitrogens is 4. The fraction of sp³-hybridized carbons (Fsp3) is 0.286. The summed E-state index contributed by atoms with van der Waals surface area (Å²) in [4.78, 5) is 0. The minimum Gasteiger partial charge on any atom is -0.419 e. The quantitative estimate of drug-likeness (QED) is 0.629. The zero-order valence-electron chi connectivity index (χ0n) is 12.3. The summed E-state index contributed by atoms with van der Waals surface area (Å²) >= 11 is 4.75. The molecule has 8 heteroatoms. The molecule has 0 aliphatic rings. The normalized spacial score (nSPS) is 12.5. The lowest BCUT2D eigenvalue weighted by molar-refractivity contribution is 0.509. The second-order valence-corrected chi connectivity index (χ2v) is 8.23. The molecule has 2 heterocycles.